The first-order valence-electron chi connectivity index (χ1n) is 7.57. The molecule has 1 fully saturated rings. The minimum atomic E-state index is 0.440. The van der Waals surface area contributed by atoms with E-state index < -0.39 is 0 Å². The highest BCUT2D eigenvalue weighted by Gasteiger charge is 2.31. The highest BCUT2D eigenvalue weighted by Crippen LogP contribution is 2.34. The van der Waals surface area contributed by atoms with E-state index in [2.05, 4.69) is 26.5 Å². The van der Waals surface area contributed by atoms with Crippen LogP contribution in [0.3, 0.4) is 0 Å². The molecule has 0 unspecified atom stereocenters. The third kappa shape index (κ3) is 2.16. The van der Waals surface area contributed by atoms with Crippen LogP contribution in [0.5, 0.6) is 0 Å². The van der Waals surface area contributed by atoms with Gasteiger partial charge < -0.3 is 4.57 Å². The van der Waals surface area contributed by atoms with E-state index in [4.69, 9.17) is 0 Å². The summed E-state index contributed by atoms with van der Waals surface area (Å²) in [6.45, 7) is 6.56. The lowest BCUT2D eigenvalue weighted by Crippen LogP contribution is -2.38. The maximum absolute atomic E-state index is 4.68. The van der Waals surface area contributed by atoms with Crippen LogP contribution in [0.15, 0.2) is 24.7 Å². The Morgan fingerprint density at radius 3 is 2.95 bits per heavy atom. The highest BCUT2D eigenvalue weighted by atomic mass is 15.3. The van der Waals surface area contributed by atoms with Crippen molar-refractivity contribution in [1.29, 1.82) is 0 Å². The van der Waals surface area contributed by atoms with E-state index in [1.54, 1.807) is 0 Å². The average Bonchev–Trinajstić information content (AvgIpc) is 2.96. The summed E-state index contributed by atoms with van der Waals surface area (Å²) in [6.07, 6.45) is 8.69. The minimum Gasteiger partial charge on any atom is -0.328 e. The summed E-state index contributed by atoms with van der Waals surface area (Å²) < 4.78 is 4.35. The molecular formula is C15H21N5. The second kappa shape index (κ2) is 4.74. The molecule has 0 saturated heterocycles. The second-order valence-electron chi connectivity index (χ2n) is 6.08. The van der Waals surface area contributed by atoms with Crippen LogP contribution in [0, 0.1) is 5.92 Å². The number of fused-ring (bicyclic) bond motifs is 1. The Balaban J connectivity index is 1.54. The van der Waals surface area contributed by atoms with Crippen molar-refractivity contribution in [1.82, 2.24) is 24.2 Å². The monoisotopic (exact) mass is 271 g/mol. The second-order valence-corrected chi connectivity index (χ2v) is 6.08. The molecule has 3 heterocycles. The van der Waals surface area contributed by atoms with E-state index in [1.165, 1.54) is 30.9 Å². The SMILES string of the molecule is C[C@@H]1c2ncc(Cn3cccn3)n2CCN1CC1CC1. The molecule has 0 N–H and O–H groups in total. The molecule has 0 radical (unpaired) electrons. The maximum Gasteiger partial charge on any atom is 0.126 e. The summed E-state index contributed by atoms with van der Waals surface area (Å²) in [4.78, 5) is 7.27. The van der Waals surface area contributed by atoms with Crippen molar-refractivity contribution in [2.75, 3.05) is 13.1 Å². The summed E-state index contributed by atoms with van der Waals surface area (Å²) in [6, 6.07) is 2.41. The van der Waals surface area contributed by atoms with Crippen molar-refractivity contribution in [3.8, 4) is 0 Å². The predicted octanol–water partition coefficient (Wildman–Crippen LogP) is 1.91. The number of imidazole rings is 1. The van der Waals surface area contributed by atoms with Crippen LogP contribution in [-0.4, -0.2) is 37.3 Å². The van der Waals surface area contributed by atoms with Crippen molar-refractivity contribution >= 4 is 0 Å². The molecule has 2 aliphatic rings. The first-order chi connectivity index (χ1) is 9.81. The number of hydrogen-bond acceptors (Lipinski definition) is 3. The smallest absolute Gasteiger partial charge is 0.126 e. The van der Waals surface area contributed by atoms with Crippen LogP contribution in [0.2, 0.25) is 0 Å². The van der Waals surface area contributed by atoms with Gasteiger partial charge in [-0.3, -0.25) is 9.58 Å². The normalized spacial score (nSPS) is 22.9. The molecule has 1 aliphatic carbocycles. The Kier molecular flexibility index (Phi) is 2.88. The van der Waals surface area contributed by atoms with Crippen molar-refractivity contribution in [2.45, 2.75) is 38.9 Å². The summed E-state index contributed by atoms with van der Waals surface area (Å²) in [5, 5.41) is 4.29. The van der Waals surface area contributed by atoms with Gasteiger partial charge in [0.1, 0.15) is 5.82 Å². The van der Waals surface area contributed by atoms with E-state index in [0.717, 1.165) is 25.6 Å². The average molecular weight is 271 g/mol. The van der Waals surface area contributed by atoms with Gasteiger partial charge in [-0.15, -0.1) is 0 Å². The first-order valence-corrected chi connectivity index (χ1v) is 7.57. The Labute approximate surface area is 119 Å². The van der Waals surface area contributed by atoms with Crippen molar-refractivity contribution in [2.24, 2.45) is 5.92 Å². The molecule has 20 heavy (non-hydrogen) atoms. The molecule has 5 nitrogen and oxygen atoms in total. The molecular weight excluding hydrogens is 250 g/mol. The molecule has 4 rings (SSSR count). The number of nitrogens with zero attached hydrogens (tertiary/aromatic N) is 5. The number of rotatable bonds is 4. The molecule has 0 spiro atoms. The lowest BCUT2D eigenvalue weighted by atomic mass is 10.2. The van der Waals surface area contributed by atoms with Crippen LogP contribution in [0.25, 0.3) is 0 Å². The van der Waals surface area contributed by atoms with E-state index in [9.17, 15) is 0 Å². The van der Waals surface area contributed by atoms with Gasteiger partial charge >= 0.3 is 0 Å². The predicted molar refractivity (Wildman–Crippen MR) is 76.3 cm³/mol. The Bertz CT molecular complexity index is 581. The van der Waals surface area contributed by atoms with Crippen molar-refractivity contribution < 1.29 is 0 Å². The van der Waals surface area contributed by atoms with E-state index in [1.807, 2.05) is 29.3 Å². The third-order valence-corrected chi connectivity index (χ3v) is 4.57. The number of aromatic nitrogens is 4. The van der Waals surface area contributed by atoms with Crippen molar-refractivity contribution in [3.05, 3.63) is 36.2 Å². The standard InChI is InChI=1S/C15H21N5/c1-12-15-16-9-14(11-19-6-2-5-17-19)20(15)8-7-18(12)10-13-3-4-13/h2,5-6,9,12-13H,3-4,7-8,10-11H2,1H3/t12-/m1/s1. The molecule has 0 aromatic carbocycles. The maximum atomic E-state index is 4.68. The topological polar surface area (TPSA) is 38.9 Å². The zero-order chi connectivity index (χ0) is 13.5. The van der Waals surface area contributed by atoms with Crippen LogP contribution in [0.4, 0.5) is 0 Å². The van der Waals surface area contributed by atoms with Gasteiger partial charge in [0, 0.05) is 32.0 Å². The minimum absolute atomic E-state index is 0.440. The van der Waals surface area contributed by atoms with E-state index in [-0.39, 0.29) is 0 Å². The van der Waals surface area contributed by atoms with Gasteiger partial charge in [0.25, 0.3) is 0 Å². The van der Waals surface area contributed by atoms with Crippen molar-refractivity contribution in [3.63, 3.8) is 0 Å². The van der Waals surface area contributed by atoms with Gasteiger partial charge in [-0.1, -0.05) is 0 Å². The molecule has 1 saturated carbocycles. The van der Waals surface area contributed by atoms with E-state index in [0.29, 0.717) is 6.04 Å². The fourth-order valence-electron chi connectivity index (χ4n) is 3.17. The first kappa shape index (κ1) is 12.1. The summed E-state index contributed by atoms with van der Waals surface area (Å²) >= 11 is 0. The fourth-order valence-corrected chi connectivity index (χ4v) is 3.17. The largest absolute Gasteiger partial charge is 0.328 e. The lowest BCUT2D eigenvalue weighted by Gasteiger charge is -2.34. The van der Waals surface area contributed by atoms with Gasteiger partial charge in [0.05, 0.1) is 24.5 Å². The molecule has 1 aliphatic heterocycles. The highest BCUT2D eigenvalue weighted by molar-refractivity contribution is 5.11. The fraction of sp³-hybridized carbons (Fsp3) is 0.600. The zero-order valence-electron chi connectivity index (χ0n) is 11.9. The third-order valence-electron chi connectivity index (χ3n) is 4.57. The molecule has 1 atom stereocenters. The molecule has 0 bridgehead atoms. The van der Waals surface area contributed by atoms with E-state index >= 15 is 0 Å². The Hall–Kier alpha value is -1.62. The lowest BCUT2D eigenvalue weighted by molar-refractivity contribution is 0.156. The van der Waals surface area contributed by atoms with Gasteiger partial charge in [-0.25, -0.2) is 4.98 Å². The molecule has 0 amide bonds. The molecule has 2 aromatic heterocycles. The van der Waals surface area contributed by atoms with Gasteiger partial charge in [0.15, 0.2) is 0 Å². The van der Waals surface area contributed by atoms with Gasteiger partial charge in [-0.2, -0.15) is 5.10 Å². The molecule has 106 valence electrons. The van der Waals surface area contributed by atoms with Crippen LogP contribution in [0.1, 0.15) is 37.3 Å². The van der Waals surface area contributed by atoms with Crippen LogP contribution < -0.4 is 0 Å². The van der Waals surface area contributed by atoms with Crippen LogP contribution >= 0.6 is 0 Å². The Morgan fingerprint density at radius 1 is 1.30 bits per heavy atom. The van der Waals surface area contributed by atoms with Crippen LogP contribution in [-0.2, 0) is 13.1 Å². The van der Waals surface area contributed by atoms with Gasteiger partial charge in [0.2, 0.25) is 0 Å². The quantitative estimate of drug-likeness (QED) is 0.852. The number of hydrogen-bond donors (Lipinski definition) is 0. The summed E-state index contributed by atoms with van der Waals surface area (Å²) in [5.74, 6) is 2.17. The molecule has 5 heteroatoms. The van der Waals surface area contributed by atoms with Gasteiger partial charge in [-0.05, 0) is 31.7 Å². The zero-order valence-corrected chi connectivity index (χ0v) is 11.9. The Morgan fingerprint density at radius 2 is 2.20 bits per heavy atom. The summed E-state index contributed by atoms with van der Waals surface area (Å²) in [5.41, 5.74) is 1.27. The molecule has 2 aromatic rings. The summed E-state index contributed by atoms with van der Waals surface area (Å²) in [7, 11) is 0.